The number of fused-ring (bicyclic) bond motifs is 1. The van der Waals surface area contributed by atoms with Crippen LogP contribution in [-0.4, -0.2) is 44.1 Å². The first-order chi connectivity index (χ1) is 11.3. The molecule has 0 fully saturated rings. The van der Waals surface area contributed by atoms with E-state index in [-0.39, 0.29) is 12.6 Å². The number of aldehydes is 1. The Morgan fingerprint density at radius 1 is 1.38 bits per heavy atom. The molecule has 0 radical (unpaired) electrons. The van der Waals surface area contributed by atoms with Gasteiger partial charge in [-0.15, -0.1) is 0 Å². The molecular formula is C17H23N3O4. The molecule has 0 saturated carbocycles. The van der Waals surface area contributed by atoms with Gasteiger partial charge >= 0.3 is 12.1 Å². The molecule has 1 aromatic rings. The van der Waals surface area contributed by atoms with Gasteiger partial charge in [0.1, 0.15) is 11.9 Å². The Kier molecular flexibility index (Phi) is 5.11. The largest absolute Gasteiger partial charge is 0.443 e. The fourth-order valence-corrected chi connectivity index (χ4v) is 2.68. The zero-order chi connectivity index (χ0) is 17.9. The van der Waals surface area contributed by atoms with Crippen LogP contribution in [0.4, 0.5) is 21.0 Å². The van der Waals surface area contributed by atoms with Gasteiger partial charge in [0.05, 0.1) is 17.9 Å². The van der Waals surface area contributed by atoms with Gasteiger partial charge in [0, 0.05) is 19.2 Å². The standard InChI is InChI=1S/C17H23N3O4/c1-17(2,3)24-16(23)20-9-8-12-13(6-5-7-14(12)20)19(10-11-21)15(22)18-4/h5-7,11H,8-10H2,1-4H3,(H,18,22). The lowest BCUT2D eigenvalue weighted by molar-refractivity contribution is -0.106. The topological polar surface area (TPSA) is 79.0 Å². The lowest BCUT2D eigenvalue weighted by Crippen LogP contribution is -2.39. The molecule has 0 spiro atoms. The molecule has 1 aliphatic heterocycles. The van der Waals surface area contributed by atoms with Crippen LogP contribution in [0.15, 0.2) is 18.2 Å². The van der Waals surface area contributed by atoms with Gasteiger partial charge in [0.15, 0.2) is 0 Å². The fourth-order valence-electron chi connectivity index (χ4n) is 2.68. The van der Waals surface area contributed by atoms with Gasteiger partial charge in [-0.25, -0.2) is 9.59 Å². The minimum Gasteiger partial charge on any atom is -0.443 e. The average Bonchev–Trinajstić information content (AvgIpc) is 2.94. The van der Waals surface area contributed by atoms with Crippen molar-refractivity contribution in [2.75, 3.05) is 29.9 Å². The number of benzene rings is 1. The molecule has 2 rings (SSSR count). The molecule has 3 amide bonds. The van der Waals surface area contributed by atoms with E-state index in [0.717, 1.165) is 5.56 Å². The molecule has 0 bridgehead atoms. The van der Waals surface area contributed by atoms with Gasteiger partial charge in [0.2, 0.25) is 0 Å². The Labute approximate surface area is 141 Å². The van der Waals surface area contributed by atoms with E-state index in [9.17, 15) is 14.4 Å². The SMILES string of the molecule is CNC(=O)N(CC=O)c1cccc2c1CCN2C(=O)OC(C)(C)C. The summed E-state index contributed by atoms with van der Waals surface area (Å²) < 4.78 is 5.43. The lowest BCUT2D eigenvalue weighted by atomic mass is 10.1. The third-order valence-corrected chi connectivity index (χ3v) is 3.62. The number of ether oxygens (including phenoxy) is 1. The minimum absolute atomic E-state index is 0.0530. The van der Waals surface area contributed by atoms with Crippen LogP contribution in [0.1, 0.15) is 26.3 Å². The van der Waals surface area contributed by atoms with Gasteiger partial charge in [0.25, 0.3) is 0 Å². The molecule has 0 aliphatic carbocycles. The van der Waals surface area contributed by atoms with E-state index in [1.165, 1.54) is 11.9 Å². The van der Waals surface area contributed by atoms with E-state index >= 15 is 0 Å². The Morgan fingerprint density at radius 3 is 2.67 bits per heavy atom. The molecular weight excluding hydrogens is 310 g/mol. The van der Waals surface area contributed by atoms with E-state index in [1.807, 2.05) is 26.8 Å². The molecule has 0 aromatic heterocycles. The zero-order valence-corrected chi connectivity index (χ0v) is 14.5. The monoisotopic (exact) mass is 333 g/mol. The third kappa shape index (κ3) is 3.67. The Balaban J connectivity index is 2.36. The van der Waals surface area contributed by atoms with Crippen LogP contribution in [-0.2, 0) is 16.0 Å². The molecule has 0 atom stereocenters. The van der Waals surface area contributed by atoms with Crippen LogP contribution in [0.2, 0.25) is 0 Å². The summed E-state index contributed by atoms with van der Waals surface area (Å²) in [4.78, 5) is 38.3. The molecule has 7 nitrogen and oxygen atoms in total. The van der Waals surface area contributed by atoms with Gasteiger partial charge in [-0.2, -0.15) is 0 Å². The van der Waals surface area contributed by atoms with Crippen molar-refractivity contribution in [3.63, 3.8) is 0 Å². The molecule has 1 N–H and O–H groups in total. The minimum atomic E-state index is -0.580. The number of carbonyl (C=O) groups excluding carboxylic acids is 3. The highest BCUT2D eigenvalue weighted by Crippen LogP contribution is 2.36. The smallest absolute Gasteiger partial charge is 0.414 e. The number of urea groups is 1. The van der Waals surface area contributed by atoms with Gasteiger partial charge < -0.3 is 14.8 Å². The summed E-state index contributed by atoms with van der Waals surface area (Å²) in [5.74, 6) is 0. The number of anilines is 2. The molecule has 24 heavy (non-hydrogen) atoms. The molecule has 1 aliphatic rings. The van der Waals surface area contributed by atoms with E-state index in [4.69, 9.17) is 4.74 Å². The highest BCUT2D eigenvalue weighted by Gasteiger charge is 2.31. The summed E-state index contributed by atoms with van der Waals surface area (Å²) in [6.45, 7) is 5.87. The molecule has 130 valence electrons. The van der Waals surface area contributed by atoms with E-state index < -0.39 is 11.7 Å². The van der Waals surface area contributed by atoms with Crippen LogP contribution in [0.25, 0.3) is 0 Å². The average molecular weight is 333 g/mol. The van der Waals surface area contributed by atoms with Crippen LogP contribution in [0.5, 0.6) is 0 Å². The van der Waals surface area contributed by atoms with Gasteiger partial charge in [-0.3, -0.25) is 9.80 Å². The predicted octanol–water partition coefficient (Wildman–Crippen LogP) is 2.33. The zero-order valence-electron chi connectivity index (χ0n) is 14.5. The second-order valence-electron chi connectivity index (χ2n) is 6.49. The van der Waals surface area contributed by atoms with Crippen molar-refractivity contribution >= 4 is 29.8 Å². The number of amides is 3. The summed E-state index contributed by atoms with van der Waals surface area (Å²) in [7, 11) is 1.51. The van der Waals surface area contributed by atoms with Crippen molar-refractivity contribution in [2.24, 2.45) is 0 Å². The second-order valence-corrected chi connectivity index (χ2v) is 6.49. The summed E-state index contributed by atoms with van der Waals surface area (Å²) >= 11 is 0. The Hall–Kier alpha value is -2.57. The fraction of sp³-hybridized carbons (Fsp3) is 0.471. The first kappa shape index (κ1) is 17.8. The summed E-state index contributed by atoms with van der Waals surface area (Å²) in [6.07, 6.45) is 0.854. The van der Waals surface area contributed by atoms with Crippen molar-refractivity contribution in [1.82, 2.24) is 5.32 Å². The number of carbonyl (C=O) groups is 3. The van der Waals surface area contributed by atoms with Crippen LogP contribution < -0.4 is 15.1 Å². The number of nitrogens with zero attached hydrogens (tertiary/aromatic N) is 2. The first-order valence-electron chi connectivity index (χ1n) is 7.83. The number of nitrogens with one attached hydrogen (secondary N) is 1. The first-order valence-corrected chi connectivity index (χ1v) is 7.83. The Morgan fingerprint density at radius 2 is 2.08 bits per heavy atom. The van der Waals surface area contributed by atoms with E-state index in [2.05, 4.69) is 5.32 Å². The van der Waals surface area contributed by atoms with Crippen molar-refractivity contribution in [3.8, 4) is 0 Å². The van der Waals surface area contributed by atoms with Crippen LogP contribution in [0, 0.1) is 0 Å². The van der Waals surface area contributed by atoms with Crippen LogP contribution >= 0.6 is 0 Å². The van der Waals surface area contributed by atoms with Crippen molar-refractivity contribution in [3.05, 3.63) is 23.8 Å². The normalized spacial score (nSPS) is 13.2. The Bertz CT molecular complexity index is 652. The lowest BCUT2D eigenvalue weighted by Gasteiger charge is -2.26. The predicted molar refractivity (Wildman–Crippen MR) is 91.6 cm³/mol. The number of rotatable bonds is 3. The van der Waals surface area contributed by atoms with Crippen molar-refractivity contribution < 1.29 is 19.1 Å². The number of hydrogen-bond acceptors (Lipinski definition) is 4. The maximum absolute atomic E-state index is 12.4. The molecule has 1 heterocycles. The molecule has 7 heteroatoms. The quantitative estimate of drug-likeness (QED) is 0.861. The van der Waals surface area contributed by atoms with E-state index in [0.29, 0.717) is 30.6 Å². The summed E-state index contributed by atoms with van der Waals surface area (Å²) in [5, 5.41) is 2.53. The second kappa shape index (κ2) is 6.90. The highest BCUT2D eigenvalue weighted by atomic mass is 16.6. The maximum atomic E-state index is 12.4. The maximum Gasteiger partial charge on any atom is 0.414 e. The molecule has 0 saturated heterocycles. The highest BCUT2D eigenvalue weighted by molar-refractivity contribution is 5.98. The number of hydrogen-bond donors (Lipinski definition) is 1. The molecule has 0 unspecified atom stereocenters. The van der Waals surface area contributed by atoms with Crippen LogP contribution in [0.3, 0.4) is 0 Å². The van der Waals surface area contributed by atoms with Crippen molar-refractivity contribution in [1.29, 1.82) is 0 Å². The third-order valence-electron chi connectivity index (χ3n) is 3.62. The van der Waals surface area contributed by atoms with Gasteiger partial charge in [-0.05, 0) is 39.3 Å². The molecule has 1 aromatic carbocycles. The van der Waals surface area contributed by atoms with E-state index in [1.54, 1.807) is 17.0 Å². The van der Waals surface area contributed by atoms with Gasteiger partial charge in [-0.1, -0.05) is 6.07 Å². The summed E-state index contributed by atoms with van der Waals surface area (Å²) in [6, 6.07) is 4.98. The summed E-state index contributed by atoms with van der Waals surface area (Å²) in [5.41, 5.74) is 1.61. The van der Waals surface area contributed by atoms with Crippen molar-refractivity contribution in [2.45, 2.75) is 32.8 Å².